The molecule has 2 N–H and O–H groups in total. The maximum Gasteiger partial charge on any atom is 0.235 e. The molecule has 2 heterocycles. The first-order valence-electron chi connectivity index (χ1n) is 4.64. The standard InChI is InChI=1S/C9H8BrN5OS/c10-6-1-2-7(11-3-6)13-8(16)5-17-9-4-12-15-14-9/h1-4H,5H2,(H,11,13,16)(H,12,14,15). The highest BCUT2D eigenvalue weighted by Gasteiger charge is 2.05. The van der Waals surface area contributed by atoms with E-state index in [1.54, 1.807) is 18.5 Å². The van der Waals surface area contributed by atoms with Crippen LogP contribution in [0.2, 0.25) is 0 Å². The second-order valence-corrected chi connectivity index (χ2v) is 4.92. The van der Waals surface area contributed by atoms with Gasteiger partial charge in [0.05, 0.1) is 11.9 Å². The average Bonchev–Trinajstić information content (AvgIpc) is 2.83. The summed E-state index contributed by atoms with van der Waals surface area (Å²) in [6.45, 7) is 0. The zero-order chi connectivity index (χ0) is 12.1. The molecular weight excluding hydrogens is 306 g/mol. The van der Waals surface area contributed by atoms with Crippen LogP contribution in [0.5, 0.6) is 0 Å². The molecule has 0 saturated carbocycles. The summed E-state index contributed by atoms with van der Waals surface area (Å²) in [5.74, 6) is 0.663. The summed E-state index contributed by atoms with van der Waals surface area (Å²) in [5, 5.41) is 13.3. The molecule has 0 saturated heterocycles. The van der Waals surface area contributed by atoms with Crippen molar-refractivity contribution in [3.05, 3.63) is 29.0 Å². The van der Waals surface area contributed by atoms with Gasteiger partial charge in [-0.1, -0.05) is 11.8 Å². The van der Waals surface area contributed by atoms with Crippen LogP contribution in [0.15, 0.2) is 34.0 Å². The molecule has 0 aromatic carbocycles. The van der Waals surface area contributed by atoms with E-state index >= 15 is 0 Å². The number of pyridine rings is 1. The first-order chi connectivity index (χ1) is 8.24. The average molecular weight is 314 g/mol. The fourth-order valence-corrected chi connectivity index (χ4v) is 1.85. The van der Waals surface area contributed by atoms with E-state index in [2.05, 4.69) is 41.6 Å². The van der Waals surface area contributed by atoms with Crippen molar-refractivity contribution in [1.82, 2.24) is 20.4 Å². The molecule has 0 aliphatic carbocycles. The first kappa shape index (κ1) is 12.1. The van der Waals surface area contributed by atoms with Gasteiger partial charge in [0.1, 0.15) is 10.8 Å². The number of nitrogens with one attached hydrogen (secondary N) is 2. The lowest BCUT2D eigenvalue weighted by atomic mass is 10.4. The summed E-state index contributed by atoms with van der Waals surface area (Å²) in [5.41, 5.74) is 0. The van der Waals surface area contributed by atoms with Gasteiger partial charge >= 0.3 is 0 Å². The molecule has 1 amide bonds. The Bertz CT molecular complexity index is 487. The lowest BCUT2D eigenvalue weighted by molar-refractivity contribution is -0.113. The van der Waals surface area contributed by atoms with E-state index in [9.17, 15) is 4.79 Å². The summed E-state index contributed by atoms with van der Waals surface area (Å²) < 4.78 is 0.868. The maximum atomic E-state index is 11.6. The highest BCUT2D eigenvalue weighted by molar-refractivity contribution is 9.10. The molecule has 2 aromatic rings. The zero-order valence-electron chi connectivity index (χ0n) is 8.55. The number of hydrogen-bond acceptors (Lipinski definition) is 5. The first-order valence-corrected chi connectivity index (χ1v) is 6.42. The molecule has 17 heavy (non-hydrogen) atoms. The Kier molecular flexibility index (Phi) is 4.10. The van der Waals surface area contributed by atoms with Crippen molar-refractivity contribution in [3.63, 3.8) is 0 Å². The third-order valence-corrected chi connectivity index (χ3v) is 3.11. The molecule has 8 heteroatoms. The van der Waals surface area contributed by atoms with Crippen molar-refractivity contribution in [2.75, 3.05) is 11.1 Å². The SMILES string of the molecule is O=C(CSc1cn[nH]n1)Nc1ccc(Br)cn1. The smallest absolute Gasteiger partial charge is 0.235 e. The van der Waals surface area contributed by atoms with Crippen LogP contribution in [0, 0.1) is 0 Å². The number of amides is 1. The fraction of sp³-hybridized carbons (Fsp3) is 0.111. The minimum atomic E-state index is -0.132. The quantitative estimate of drug-likeness (QED) is 0.839. The molecule has 2 rings (SSSR count). The number of carbonyl (C=O) groups excluding carboxylic acids is 1. The van der Waals surface area contributed by atoms with Crippen LogP contribution in [-0.2, 0) is 4.79 Å². The van der Waals surface area contributed by atoms with Crippen molar-refractivity contribution in [3.8, 4) is 0 Å². The minimum absolute atomic E-state index is 0.132. The number of anilines is 1. The second kappa shape index (κ2) is 5.78. The summed E-state index contributed by atoms with van der Waals surface area (Å²) in [6, 6.07) is 3.54. The number of thioether (sulfide) groups is 1. The topological polar surface area (TPSA) is 83.6 Å². The van der Waals surface area contributed by atoms with Crippen LogP contribution < -0.4 is 5.32 Å². The number of aromatic nitrogens is 4. The molecule has 0 atom stereocenters. The van der Waals surface area contributed by atoms with Gasteiger partial charge in [-0.2, -0.15) is 10.3 Å². The Morgan fingerprint density at radius 3 is 3.00 bits per heavy atom. The van der Waals surface area contributed by atoms with Gasteiger partial charge in [-0.15, -0.1) is 5.10 Å². The van der Waals surface area contributed by atoms with Crippen LogP contribution in [0.4, 0.5) is 5.82 Å². The van der Waals surface area contributed by atoms with Gasteiger partial charge in [0.2, 0.25) is 5.91 Å². The molecule has 0 radical (unpaired) electrons. The summed E-state index contributed by atoms with van der Waals surface area (Å²) >= 11 is 4.57. The minimum Gasteiger partial charge on any atom is -0.310 e. The Hall–Kier alpha value is -1.41. The molecule has 0 aliphatic rings. The number of halogens is 1. The normalized spacial score (nSPS) is 10.2. The molecule has 88 valence electrons. The number of H-pyrrole nitrogens is 1. The molecule has 0 bridgehead atoms. The van der Waals surface area contributed by atoms with Gasteiger partial charge in [0.25, 0.3) is 0 Å². The number of nitrogens with zero attached hydrogens (tertiary/aromatic N) is 3. The van der Waals surface area contributed by atoms with E-state index in [4.69, 9.17) is 0 Å². The zero-order valence-corrected chi connectivity index (χ0v) is 11.0. The predicted molar refractivity (Wildman–Crippen MR) is 67.7 cm³/mol. The number of rotatable bonds is 4. The van der Waals surface area contributed by atoms with E-state index in [1.165, 1.54) is 11.8 Å². The van der Waals surface area contributed by atoms with Gasteiger partial charge in [-0.05, 0) is 28.1 Å². The molecule has 0 aliphatic heterocycles. The molecule has 2 aromatic heterocycles. The van der Waals surface area contributed by atoms with Gasteiger partial charge < -0.3 is 5.32 Å². The molecule has 0 spiro atoms. The highest BCUT2D eigenvalue weighted by Crippen LogP contribution is 2.14. The third kappa shape index (κ3) is 3.82. The number of aromatic amines is 1. The fourth-order valence-electron chi connectivity index (χ4n) is 1.03. The summed E-state index contributed by atoms with van der Waals surface area (Å²) in [6.07, 6.45) is 3.19. The van der Waals surface area contributed by atoms with Crippen molar-refractivity contribution in [1.29, 1.82) is 0 Å². The van der Waals surface area contributed by atoms with Gasteiger partial charge in [-0.3, -0.25) is 4.79 Å². The van der Waals surface area contributed by atoms with Gasteiger partial charge in [0.15, 0.2) is 0 Å². The Balaban J connectivity index is 1.83. The molecular formula is C9H8BrN5OS. The van der Waals surface area contributed by atoms with Gasteiger partial charge in [-0.25, -0.2) is 4.98 Å². The lowest BCUT2D eigenvalue weighted by Crippen LogP contribution is -2.14. The van der Waals surface area contributed by atoms with E-state index in [-0.39, 0.29) is 11.7 Å². The number of carbonyl (C=O) groups is 1. The van der Waals surface area contributed by atoms with Crippen LogP contribution >= 0.6 is 27.7 Å². The van der Waals surface area contributed by atoms with Crippen molar-refractivity contribution < 1.29 is 4.79 Å². The second-order valence-electron chi connectivity index (χ2n) is 3.01. The summed E-state index contributed by atoms with van der Waals surface area (Å²) in [7, 11) is 0. The molecule has 0 fully saturated rings. The van der Waals surface area contributed by atoms with Crippen LogP contribution in [-0.4, -0.2) is 32.1 Å². The van der Waals surface area contributed by atoms with Crippen LogP contribution in [0.25, 0.3) is 0 Å². The predicted octanol–water partition coefficient (Wildman–Crippen LogP) is 1.69. The van der Waals surface area contributed by atoms with E-state index in [0.717, 1.165) is 4.47 Å². The lowest BCUT2D eigenvalue weighted by Gasteiger charge is -2.02. The number of hydrogen-bond donors (Lipinski definition) is 2. The van der Waals surface area contributed by atoms with E-state index in [1.807, 2.05) is 6.07 Å². The highest BCUT2D eigenvalue weighted by atomic mass is 79.9. The van der Waals surface area contributed by atoms with E-state index in [0.29, 0.717) is 10.8 Å². The van der Waals surface area contributed by atoms with Crippen LogP contribution in [0.1, 0.15) is 0 Å². The van der Waals surface area contributed by atoms with E-state index < -0.39 is 0 Å². The Morgan fingerprint density at radius 1 is 1.47 bits per heavy atom. The third-order valence-electron chi connectivity index (χ3n) is 1.74. The van der Waals surface area contributed by atoms with Gasteiger partial charge in [0, 0.05) is 10.7 Å². The Labute approximate surface area is 110 Å². The Morgan fingerprint density at radius 2 is 2.35 bits per heavy atom. The molecule has 6 nitrogen and oxygen atoms in total. The largest absolute Gasteiger partial charge is 0.310 e. The maximum absolute atomic E-state index is 11.6. The van der Waals surface area contributed by atoms with Crippen molar-refractivity contribution in [2.24, 2.45) is 0 Å². The van der Waals surface area contributed by atoms with Crippen molar-refractivity contribution in [2.45, 2.75) is 5.03 Å². The molecule has 0 unspecified atom stereocenters. The van der Waals surface area contributed by atoms with Crippen LogP contribution in [0.3, 0.4) is 0 Å². The summed E-state index contributed by atoms with van der Waals surface area (Å²) in [4.78, 5) is 15.6. The van der Waals surface area contributed by atoms with Crippen molar-refractivity contribution >= 4 is 39.4 Å². The monoisotopic (exact) mass is 313 g/mol.